The molecule has 5 heteroatoms. The summed E-state index contributed by atoms with van der Waals surface area (Å²) in [6, 6.07) is 6.62. The fraction of sp³-hybridized carbons (Fsp3) is 0.571. The van der Waals surface area contributed by atoms with Gasteiger partial charge in [0.25, 0.3) is 0 Å². The lowest BCUT2D eigenvalue weighted by atomic mass is 10.0. The molecule has 0 saturated carbocycles. The van der Waals surface area contributed by atoms with E-state index < -0.39 is 12.7 Å². The molecule has 1 rings (SSSR count). The zero-order valence-electron chi connectivity index (χ0n) is 11.3. The van der Waals surface area contributed by atoms with Gasteiger partial charge < -0.3 is 15.2 Å². The van der Waals surface area contributed by atoms with Crippen molar-refractivity contribution < 1.29 is 18.6 Å². The highest BCUT2D eigenvalue weighted by atomic mass is 19.3. The van der Waals surface area contributed by atoms with Crippen LogP contribution in [0.25, 0.3) is 0 Å². The summed E-state index contributed by atoms with van der Waals surface area (Å²) in [7, 11) is 0. The van der Waals surface area contributed by atoms with Crippen molar-refractivity contribution in [2.24, 2.45) is 0 Å². The third-order valence-electron chi connectivity index (χ3n) is 2.99. The molecule has 0 bridgehead atoms. The average Bonchev–Trinajstić information content (AvgIpc) is 2.40. The van der Waals surface area contributed by atoms with E-state index in [1.807, 2.05) is 13.8 Å². The van der Waals surface area contributed by atoms with Crippen LogP contribution in [0.5, 0.6) is 5.75 Å². The molecule has 1 aromatic carbocycles. The van der Waals surface area contributed by atoms with Crippen LogP contribution in [0.2, 0.25) is 0 Å². The van der Waals surface area contributed by atoms with Gasteiger partial charge in [0.2, 0.25) is 0 Å². The van der Waals surface area contributed by atoms with Crippen LogP contribution in [0.1, 0.15) is 38.3 Å². The molecule has 2 N–H and O–H groups in total. The second-order valence-corrected chi connectivity index (χ2v) is 4.35. The molecule has 0 aliphatic carbocycles. The van der Waals surface area contributed by atoms with Crippen molar-refractivity contribution in [2.45, 2.75) is 45.4 Å². The molecule has 1 unspecified atom stereocenters. The molecule has 19 heavy (non-hydrogen) atoms. The SMILES string of the molecule is CCC(NC[C@H](O)CC)c1ccccc1OC(F)F. The highest BCUT2D eigenvalue weighted by molar-refractivity contribution is 5.36. The monoisotopic (exact) mass is 273 g/mol. The molecule has 0 amide bonds. The van der Waals surface area contributed by atoms with Gasteiger partial charge in [-0.2, -0.15) is 8.78 Å². The fourth-order valence-electron chi connectivity index (χ4n) is 1.87. The quantitative estimate of drug-likeness (QED) is 0.764. The van der Waals surface area contributed by atoms with Crippen molar-refractivity contribution in [1.29, 1.82) is 0 Å². The van der Waals surface area contributed by atoms with Gasteiger partial charge in [-0.3, -0.25) is 0 Å². The highest BCUT2D eigenvalue weighted by Gasteiger charge is 2.17. The molecule has 3 nitrogen and oxygen atoms in total. The number of hydrogen-bond acceptors (Lipinski definition) is 3. The van der Waals surface area contributed by atoms with E-state index in [0.717, 1.165) is 6.42 Å². The third kappa shape index (κ3) is 5.12. The van der Waals surface area contributed by atoms with Gasteiger partial charge in [-0.25, -0.2) is 0 Å². The van der Waals surface area contributed by atoms with Crippen LogP contribution in [-0.4, -0.2) is 24.4 Å². The number of para-hydroxylation sites is 1. The minimum atomic E-state index is -2.83. The van der Waals surface area contributed by atoms with Gasteiger partial charge in [0.05, 0.1) is 6.10 Å². The molecule has 0 saturated heterocycles. The summed E-state index contributed by atoms with van der Waals surface area (Å²) in [4.78, 5) is 0. The molecule has 0 aliphatic rings. The lowest BCUT2D eigenvalue weighted by molar-refractivity contribution is -0.0507. The molecule has 108 valence electrons. The highest BCUT2D eigenvalue weighted by Crippen LogP contribution is 2.28. The number of halogens is 2. The second kappa shape index (κ2) is 8.07. The smallest absolute Gasteiger partial charge is 0.387 e. The Labute approximate surface area is 112 Å². The van der Waals surface area contributed by atoms with Crippen LogP contribution in [-0.2, 0) is 0 Å². The van der Waals surface area contributed by atoms with Crippen molar-refractivity contribution in [2.75, 3.05) is 6.54 Å². The summed E-state index contributed by atoms with van der Waals surface area (Å²) >= 11 is 0. The number of alkyl halides is 2. The Bertz CT molecular complexity index is 374. The molecule has 0 aromatic heterocycles. The van der Waals surface area contributed by atoms with Gasteiger partial charge in [0, 0.05) is 18.2 Å². The second-order valence-electron chi connectivity index (χ2n) is 4.35. The van der Waals surface area contributed by atoms with E-state index in [4.69, 9.17) is 0 Å². The Balaban J connectivity index is 2.79. The number of aliphatic hydroxyl groups is 1. The van der Waals surface area contributed by atoms with Crippen molar-refractivity contribution >= 4 is 0 Å². The summed E-state index contributed by atoms with van der Waals surface area (Å²) in [5, 5.41) is 12.7. The van der Waals surface area contributed by atoms with Crippen LogP contribution in [0.4, 0.5) is 8.78 Å². The minimum Gasteiger partial charge on any atom is -0.434 e. The summed E-state index contributed by atoms with van der Waals surface area (Å²) in [5.41, 5.74) is 0.689. The number of hydrogen-bond donors (Lipinski definition) is 2. The average molecular weight is 273 g/mol. The summed E-state index contributed by atoms with van der Waals surface area (Å²) in [5.74, 6) is 0.183. The fourth-order valence-corrected chi connectivity index (χ4v) is 1.87. The van der Waals surface area contributed by atoms with Gasteiger partial charge in [0.15, 0.2) is 0 Å². The molecule has 0 radical (unpaired) electrons. The number of aliphatic hydroxyl groups excluding tert-OH is 1. The van der Waals surface area contributed by atoms with Crippen LogP contribution < -0.4 is 10.1 Å². The van der Waals surface area contributed by atoms with Crippen LogP contribution >= 0.6 is 0 Å². The molecule has 1 aromatic rings. The Morgan fingerprint density at radius 1 is 1.21 bits per heavy atom. The standard InChI is InChI=1S/C14H21F2NO2/c1-3-10(18)9-17-12(4-2)11-7-5-6-8-13(11)19-14(15)16/h5-8,10,12,14,17-18H,3-4,9H2,1-2H3/t10-,12?/m1/s1. The third-order valence-corrected chi connectivity index (χ3v) is 2.99. The summed E-state index contributed by atoms with van der Waals surface area (Å²) < 4.78 is 29.2. The zero-order chi connectivity index (χ0) is 14.3. The summed E-state index contributed by atoms with van der Waals surface area (Å²) in [6.45, 7) is 1.44. The lowest BCUT2D eigenvalue weighted by Crippen LogP contribution is -2.30. The topological polar surface area (TPSA) is 41.5 Å². The molecular weight excluding hydrogens is 252 g/mol. The van der Waals surface area contributed by atoms with Crippen LogP contribution in [0.3, 0.4) is 0 Å². The van der Waals surface area contributed by atoms with E-state index in [1.165, 1.54) is 6.07 Å². The Kier molecular flexibility index (Phi) is 6.73. The largest absolute Gasteiger partial charge is 0.434 e. The summed E-state index contributed by atoms with van der Waals surface area (Å²) in [6.07, 6.45) is 0.941. The predicted molar refractivity (Wildman–Crippen MR) is 70.4 cm³/mol. The van der Waals surface area contributed by atoms with E-state index in [9.17, 15) is 13.9 Å². The van der Waals surface area contributed by atoms with Crippen molar-refractivity contribution in [3.05, 3.63) is 29.8 Å². The molecular formula is C14H21F2NO2. The Hall–Kier alpha value is -1.20. The number of rotatable bonds is 8. The molecule has 0 fully saturated rings. The van der Waals surface area contributed by atoms with E-state index in [1.54, 1.807) is 18.2 Å². The van der Waals surface area contributed by atoms with E-state index in [2.05, 4.69) is 10.1 Å². The van der Waals surface area contributed by atoms with Gasteiger partial charge >= 0.3 is 6.61 Å². The van der Waals surface area contributed by atoms with Crippen LogP contribution in [0.15, 0.2) is 24.3 Å². The first-order chi connectivity index (χ1) is 9.08. The maximum atomic E-state index is 12.4. The first-order valence-electron chi connectivity index (χ1n) is 6.53. The van der Waals surface area contributed by atoms with Gasteiger partial charge in [-0.15, -0.1) is 0 Å². The minimum absolute atomic E-state index is 0.115. The lowest BCUT2D eigenvalue weighted by Gasteiger charge is -2.21. The van der Waals surface area contributed by atoms with Gasteiger partial charge in [-0.05, 0) is 18.9 Å². The molecule has 0 aliphatic heterocycles. The first kappa shape index (κ1) is 15.9. The van der Waals surface area contributed by atoms with Crippen molar-refractivity contribution in [3.63, 3.8) is 0 Å². The molecule has 0 spiro atoms. The maximum Gasteiger partial charge on any atom is 0.387 e. The van der Waals surface area contributed by atoms with E-state index >= 15 is 0 Å². The van der Waals surface area contributed by atoms with Crippen molar-refractivity contribution in [1.82, 2.24) is 5.32 Å². The molecule has 0 heterocycles. The van der Waals surface area contributed by atoms with Gasteiger partial charge in [0.1, 0.15) is 5.75 Å². The van der Waals surface area contributed by atoms with Crippen LogP contribution in [0, 0.1) is 0 Å². The van der Waals surface area contributed by atoms with E-state index in [-0.39, 0.29) is 11.8 Å². The number of benzene rings is 1. The Morgan fingerprint density at radius 2 is 1.89 bits per heavy atom. The first-order valence-corrected chi connectivity index (χ1v) is 6.53. The van der Waals surface area contributed by atoms with Gasteiger partial charge in [-0.1, -0.05) is 32.0 Å². The Morgan fingerprint density at radius 3 is 2.47 bits per heavy atom. The maximum absolute atomic E-state index is 12.4. The van der Waals surface area contributed by atoms with Crippen molar-refractivity contribution in [3.8, 4) is 5.75 Å². The normalized spacial score (nSPS) is 14.4. The van der Waals surface area contributed by atoms with E-state index in [0.29, 0.717) is 18.5 Å². The number of ether oxygens (including phenoxy) is 1. The zero-order valence-corrected chi connectivity index (χ0v) is 11.3. The molecule has 2 atom stereocenters. The number of nitrogens with one attached hydrogen (secondary N) is 1. The predicted octanol–water partition coefficient (Wildman–Crippen LogP) is 3.10.